The minimum absolute atomic E-state index is 0.0931. The van der Waals surface area contributed by atoms with E-state index in [9.17, 15) is 9.18 Å². The maximum Gasteiger partial charge on any atom is 0.270 e. The van der Waals surface area contributed by atoms with Crippen LogP contribution in [0.1, 0.15) is 40.3 Å². The number of hydrogen-bond acceptors (Lipinski definition) is 5. The first-order valence-electron chi connectivity index (χ1n) is 9.88. The predicted octanol–water partition coefficient (Wildman–Crippen LogP) is 5.08. The smallest absolute Gasteiger partial charge is 0.270 e. The Labute approximate surface area is 177 Å². The minimum Gasteiger partial charge on any atom is -0.449 e. The number of thiophene rings is 1. The van der Waals surface area contributed by atoms with Crippen LogP contribution in [0.4, 0.5) is 4.39 Å². The van der Waals surface area contributed by atoms with Crippen LogP contribution < -0.4 is 5.32 Å². The van der Waals surface area contributed by atoms with E-state index in [0.717, 1.165) is 32.6 Å². The summed E-state index contributed by atoms with van der Waals surface area (Å²) in [4.78, 5) is 22.3. The number of pyridine rings is 1. The molecule has 0 unspecified atom stereocenters. The summed E-state index contributed by atoms with van der Waals surface area (Å²) >= 11 is 1.51. The lowest BCUT2D eigenvalue weighted by atomic mass is 9.90. The topological polar surface area (TPSA) is 68.0 Å². The molecular weight excluding hydrogens is 401 g/mol. The van der Waals surface area contributed by atoms with Crippen molar-refractivity contribution in [3.05, 3.63) is 70.8 Å². The third-order valence-corrected chi connectivity index (χ3v) is 6.24. The molecule has 5 rings (SSSR count). The van der Waals surface area contributed by atoms with Crippen molar-refractivity contribution in [1.82, 2.24) is 15.3 Å². The van der Waals surface area contributed by atoms with Crippen molar-refractivity contribution in [1.29, 1.82) is 0 Å². The summed E-state index contributed by atoms with van der Waals surface area (Å²) in [6, 6.07) is 12.0. The van der Waals surface area contributed by atoms with Gasteiger partial charge in [0.15, 0.2) is 5.89 Å². The fourth-order valence-electron chi connectivity index (χ4n) is 3.71. The summed E-state index contributed by atoms with van der Waals surface area (Å²) in [6.45, 7) is 1.82. The van der Waals surface area contributed by atoms with Gasteiger partial charge in [0.25, 0.3) is 5.91 Å². The number of hydrogen-bond donors (Lipinski definition) is 1. The van der Waals surface area contributed by atoms with Gasteiger partial charge < -0.3 is 9.73 Å². The molecular formula is C23H20FN3O2S. The number of carbonyl (C=O) groups excluding carboxylic acids is 1. The molecule has 1 aromatic carbocycles. The first kappa shape index (κ1) is 18.9. The maximum absolute atomic E-state index is 13.1. The van der Waals surface area contributed by atoms with Crippen LogP contribution in [0.3, 0.4) is 0 Å². The Bertz CT molecular complexity index is 1210. The second-order valence-corrected chi connectivity index (χ2v) is 8.57. The van der Waals surface area contributed by atoms with Crippen molar-refractivity contribution in [3.8, 4) is 11.3 Å². The molecule has 1 aliphatic carbocycles. The highest BCUT2D eigenvalue weighted by molar-refractivity contribution is 7.16. The van der Waals surface area contributed by atoms with Crippen molar-refractivity contribution in [2.75, 3.05) is 0 Å². The number of halogens is 1. The summed E-state index contributed by atoms with van der Waals surface area (Å²) in [7, 11) is 0. The van der Waals surface area contributed by atoms with Crippen LogP contribution in [0.2, 0.25) is 0 Å². The number of alkyl halides is 1. The van der Waals surface area contributed by atoms with E-state index in [1.165, 1.54) is 11.3 Å². The highest BCUT2D eigenvalue weighted by Gasteiger charge is 2.30. The van der Waals surface area contributed by atoms with Crippen LogP contribution in [0, 0.1) is 6.92 Å². The van der Waals surface area contributed by atoms with Crippen molar-refractivity contribution < 1.29 is 13.6 Å². The number of aromatic nitrogens is 2. The number of benzene rings is 1. The first-order chi connectivity index (χ1) is 14.5. The number of amides is 1. The van der Waals surface area contributed by atoms with Crippen LogP contribution in [0.15, 0.2) is 52.5 Å². The van der Waals surface area contributed by atoms with Gasteiger partial charge in [-0.25, -0.2) is 14.4 Å². The molecule has 30 heavy (non-hydrogen) atoms. The van der Waals surface area contributed by atoms with Gasteiger partial charge in [-0.1, -0.05) is 24.3 Å². The highest BCUT2D eigenvalue weighted by atomic mass is 32.1. The van der Waals surface area contributed by atoms with Gasteiger partial charge in [-0.3, -0.25) is 4.79 Å². The molecule has 0 aliphatic heterocycles. The van der Waals surface area contributed by atoms with E-state index >= 15 is 0 Å². The second kappa shape index (κ2) is 7.65. The van der Waals surface area contributed by atoms with Crippen molar-refractivity contribution >= 4 is 27.5 Å². The van der Waals surface area contributed by atoms with Crippen molar-refractivity contribution in [2.45, 2.75) is 38.4 Å². The van der Waals surface area contributed by atoms with Crippen LogP contribution in [0.5, 0.6) is 0 Å². The Kier molecular flexibility index (Phi) is 4.83. The number of fused-ring (bicyclic) bond motifs is 1. The predicted molar refractivity (Wildman–Crippen MR) is 114 cm³/mol. The lowest BCUT2D eigenvalue weighted by Gasteiger charge is -2.30. The number of carbonyl (C=O) groups is 1. The van der Waals surface area contributed by atoms with E-state index in [2.05, 4.69) is 27.4 Å². The Morgan fingerprint density at radius 2 is 2.03 bits per heavy atom. The fourth-order valence-corrected chi connectivity index (χ4v) is 4.52. The molecule has 5 nitrogen and oxygen atoms in total. The Morgan fingerprint density at radius 1 is 1.23 bits per heavy atom. The van der Waals surface area contributed by atoms with Gasteiger partial charge in [0.2, 0.25) is 0 Å². The average molecular weight is 421 g/mol. The number of nitrogens with zero attached hydrogens (tertiary/aromatic N) is 2. The van der Waals surface area contributed by atoms with Gasteiger partial charge in [0, 0.05) is 23.9 Å². The van der Waals surface area contributed by atoms with E-state index in [1.807, 2.05) is 36.6 Å². The minimum atomic E-state index is -0.803. The van der Waals surface area contributed by atoms with Crippen LogP contribution in [-0.2, 0) is 6.42 Å². The molecule has 1 fully saturated rings. The molecule has 1 saturated carbocycles. The van der Waals surface area contributed by atoms with Gasteiger partial charge >= 0.3 is 0 Å². The van der Waals surface area contributed by atoms with Crippen LogP contribution >= 0.6 is 11.3 Å². The molecule has 3 heterocycles. The van der Waals surface area contributed by atoms with E-state index in [0.29, 0.717) is 30.8 Å². The molecule has 4 aromatic rings. The van der Waals surface area contributed by atoms with Crippen LogP contribution in [0.25, 0.3) is 21.5 Å². The molecule has 0 saturated heterocycles. The van der Waals surface area contributed by atoms with Crippen LogP contribution in [-0.4, -0.2) is 28.1 Å². The highest BCUT2D eigenvalue weighted by Crippen LogP contribution is 2.28. The summed E-state index contributed by atoms with van der Waals surface area (Å²) in [5.41, 5.74) is 4.38. The van der Waals surface area contributed by atoms with E-state index in [-0.39, 0.29) is 11.9 Å². The number of nitrogens with one attached hydrogen (secondary N) is 1. The number of rotatable bonds is 5. The summed E-state index contributed by atoms with van der Waals surface area (Å²) in [6.07, 6.45) is 2.31. The van der Waals surface area contributed by atoms with E-state index in [4.69, 9.17) is 4.42 Å². The molecule has 3 aromatic heterocycles. The Balaban J connectivity index is 1.39. The third kappa shape index (κ3) is 3.73. The van der Waals surface area contributed by atoms with Gasteiger partial charge in [-0.15, -0.1) is 11.3 Å². The van der Waals surface area contributed by atoms with E-state index < -0.39 is 6.17 Å². The van der Waals surface area contributed by atoms with E-state index in [1.54, 1.807) is 6.26 Å². The largest absolute Gasteiger partial charge is 0.449 e. The lowest BCUT2D eigenvalue weighted by Crippen LogP contribution is -2.45. The molecule has 1 aliphatic rings. The Hall–Kier alpha value is -3.06. The Morgan fingerprint density at radius 3 is 2.73 bits per heavy atom. The second-order valence-electron chi connectivity index (χ2n) is 7.67. The molecule has 0 bridgehead atoms. The third-order valence-electron chi connectivity index (χ3n) is 5.44. The zero-order chi connectivity index (χ0) is 20.7. The number of oxazole rings is 1. The molecule has 7 heteroatoms. The SMILES string of the molecule is Cc1nc(-c2ccc(Cc3cc(C(=O)NC4CC(F)C4)nc4sccc34)cc2)co1. The summed E-state index contributed by atoms with van der Waals surface area (Å²) < 4.78 is 18.3. The van der Waals surface area contributed by atoms with Gasteiger partial charge in [-0.2, -0.15) is 0 Å². The molecule has 1 amide bonds. The zero-order valence-electron chi connectivity index (χ0n) is 16.4. The maximum atomic E-state index is 13.1. The molecule has 152 valence electrons. The fraction of sp³-hybridized carbons (Fsp3) is 0.261. The van der Waals surface area contributed by atoms with Gasteiger partial charge in [-0.05, 0) is 47.9 Å². The average Bonchev–Trinajstić information content (AvgIpc) is 3.36. The van der Waals surface area contributed by atoms with Crippen molar-refractivity contribution in [2.24, 2.45) is 0 Å². The van der Waals surface area contributed by atoms with Gasteiger partial charge in [0.05, 0.1) is 0 Å². The number of aryl methyl sites for hydroxylation is 1. The quantitative estimate of drug-likeness (QED) is 0.488. The standard InChI is InChI=1S/C23H20FN3O2S/c1-13-25-21(12-29-13)15-4-2-14(3-5-15)8-16-9-20(27-23-19(16)6-7-30-23)22(28)26-18-10-17(24)11-18/h2-7,9,12,17-18H,8,10-11H2,1H3,(H,26,28). The summed E-state index contributed by atoms with van der Waals surface area (Å²) in [5, 5.41) is 5.93. The lowest BCUT2D eigenvalue weighted by molar-refractivity contribution is 0.0855. The zero-order valence-corrected chi connectivity index (χ0v) is 17.2. The van der Waals surface area contributed by atoms with Crippen molar-refractivity contribution in [3.63, 3.8) is 0 Å². The normalized spacial score (nSPS) is 18.3. The monoisotopic (exact) mass is 421 g/mol. The molecule has 0 radical (unpaired) electrons. The summed E-state index contributed by atoms with van der Waals surface area (Å²) in [5.74, 6) is 0.403. The molecule has 0 spiro atoms. The first-order valence-corrected chi connectivity index (χ1v) is 10.8. The molecule has 0 atom stereocenters. The molecule has 1 N–H and O–H groups in total. The van der Waals surface area contributed by atoms with Gasteiger partial charge in [0.1, 0.15) is 28.7 Å².